The van der Waals surface area contributed by atoms with Crippen LogP contribution in [0, 0.1) is 0 Å². The third kappa shape index (κ3) is 4.48. The van der Waals surface area contributed by atoms with E-state index in [1.54, 1.807) is 36.7 Å². The first-order valence-corrected chi connectivity index (χ1v) is 8.88. The van der Waals surface area contributed by atoms with Crippen LogP contribution >= 0.6 is 11.3 Å². The van der Waals surface area contributed by atoms with Crippen molar-refractivity contribution in [2.75, 3.05) is 5.32 Å². The summed E-state index contributed by atoms with van der Waals surface area (Å²) in [6, 6.07) is 10.4. The van der Waals surface area contributed by atoms with Crippen LogP contribution < -0.4 is 10.6 Å². The van der Waals surface area contributed by atoms with Gasteiger partial charge < -0.3 is 10.6 Å². The Kier molecular flexibility index (Phi) is 5.65. The van der Waals surface area contributed by atoms with E-state index in [1.807, 2.05) is 19.1 Å². The lowest BCUT2D eigenvalue weighted by Crippen LogP contribution is -2.23. The molecule has 3 aromatic rings. The lowest BCUT2D eigenvalue weighted by Gasteiger charge is -2.07. The molecule has 0 aliphatic carbocycles. The summed E-state index contributed by atoms with van der Waals surface area (Å²) >= 11 is 1.26. The molecule has 2 aromatic heterocycles. The van der Waals surface area contributed by atoms with E-state index in [1.165, 1.54) is 11.3 Å². The third-order valence-corrected chi connectivity index (χ3v) is 4.59. The van der Waals surface area contributed by atoms with E-state index in [0.717, 1.165) is 17.0 Å². The number of nitrogens with one attached hydrogen (secondary N) is 2. The summed E-state index contributed by atoms with van der Waals surface area (Å²) in [5.41, 5.74) is 1.89. The zero-order valence-electron chi connectivity index (χ0n) is 14.1. The average Bonchev–Trinajstić information content (AvgIpc) is 3.16. The Bertz CT molecular complexity index is 911. The Morgan fingerprint density at radius 3 is 2.73 bits per heavy atom. The molecule has 8 heteroatoms. The number of nitrogens with zero attached hydrogens (tertiary/aromatic N) is 3. The summed E-state index contributed by atoms with van der Waals surface area (Å²) in [7, 11) is 0. The maximum absolute atomic E-state index is 12.3. The van der Waals surface area contributed by atoms with Gasteiger partial charge in [0.1, 0.15) is 5.01 Å². The van der Waals surface area contributed by atoms with E-state index in [4.69, 9.17) is 0 Å². The highest BCUT2D eigenvalue weighted by molar-refractivity contribution is 7.13. The Morgan fingerprint density at radius 2 is 2.00 bits per heavy atom. The molecular formula is C18H17N5O2S. The minimum atomic E-state index is -0.338. The number of amides is 2. The molecule has 0 bridgehead atoms. The van der Waals surface area contributed by atoms with Gasteiger partial charge in [0.15, 0.2) is 0 Å². The highest BCUT2D eigenvalue weighted by Gasteiger charge is 2.13. The van der Waals surface area contributed by atoms with Gasteiger partial charge in [0, 0.05) is 30.2 Å². The second kappa shape index (κ2) is 8.30. The Balaban J connectivity index is 1.63. The van der Waals surface area contributed by atoms with Crippen LogP contribution in [-0.2, 0) is 13.0 Å². The van der Waals surface area contributed by atoms with Gasteiger partial charge in [-0.15, -0.1) is 10.2 Å². The molecule has 1 aromatic carbocycles. The average molecular weight is 367 g/mol. The standard InChI is InChI=1S/C18H17N5O2S/c1-2-15-22-23-18(26-15)17(25)21-14-7-3-6-13(9-14)16(24)20-11-12-5-4-8-19-10-12/h3-10H,2,11H2,1H3,(H,20,24)(H,21,25). The van der Waals surface area contributed by atoms with Gasteiger partial charge in [-0.2, -0.15) is 0 Å². The summed E-state index contributed by atoms with van der Waals surface area (Å²) in [4.78, 5) is 28.5. The fraction of sp³-hybridized carbons (Fsp3) is 0.167. The monoisotopic (exact) mass is 367 g/mol. The molecule has 0 saturated carbocycles. The molecule has 0 aliphatic heterocycles. The lowest BCUT2D eigenvalue weighted by molar-refractivity contribution is 0.0949. The predicted octanol–water partition coefficient (Wildman–Crippen LogP) is 2.68. The predicted molar refractivity (Wildman–Crippen MR) is 99.1 cm³/mol. The van der Waals surface area contributed by atoms with E-state index in [2.05, 4.69) is 25.8 Å². The van der Waals surface area contributed by atoms with Crippen molar-refractivity contribution in [1.82, 2.24) is 20.5 Å². The van der Waals surface area contributed by atoms with Crippen molar-refractivity contribution in [3.8, 4) is 0 Å². The Morgan fingerprint density at radius 1 is 1.12 bits per heavy atom. The van der Waals surface area contributed by atoms with Gasteiger partial charge in [-0.05, 0) is 36.2 Å². The van der Waals surface area contributed by atoms with Crippen LogP contribution in [0.4, 0.5) is 5.69 Å². The second-order valence-corrected chi connectivity index (χ2v) is 6.50. The molecule has 0 atom stereocenters. The van der Waals surface area contributed by atoms with Gasteiger partial charge in [-0.1, -0.05) is 30.4 Å². The largest absolute Gasteiger partial charge is 0.348 e. The Hall–Kier alpha value is -3.13. The van der Waals surface area contributed by atoms with Crippen LogP contribution in [0.25, 0.3) is 0 Å². The highest BCUT2D eigenvalue weighted by atomic mass is 32.1. The number of hydrogen-bond acceptors (Lipinski definition) is 6. The molecule has 2 N–H and O–H groups in total. The molecule has 0 spiro atoms. The number of anilines is 1. The number of aromatic nitrogens is 3. The van der Waals surface area contributed by atoms with Crippen LogP contribution in [-0.4, -0.2) is 27.0 Å². The van der Waals surface area contributed by atoms with Crippen molar-refractivity contribution in [2.45, 2.75) is 19.9 Å². The number of rotatable bonds is 6. The first-order chi connectivity index (χ1) is 12.7. The van der Waals surface area contributed by atoms with Crippen molar-refractivity contribution >= 4 is 28.8 Å². The maximum Gasteiger partial charge on any atom is 0.286 e. The van der Waals surface area contributed by atoms with Crippen molar-refractivity contribution in [3.05, 3.63) is 69.9 Å². The normalized spacial score (nSPS) is 10.3. The molecule has 3 rings (SSSR count). The molecule has 0 unspecified atom stereocenters. The first kappa shape index (κ1) is 17.7. The molecule has 0 saturated heterocycles. The zero-order chi connectivity index (χ0) is 18.4. The first-order valence-electron chi connectivity index (χ1n) is 8.06. The van der Waals surface area contributed by atoms with Crippen molar-refractivity contribution < 1.29 is 9.59 Å². The number of carbonyl (C=O) groups is 2. The molecular weight excluding hydrogens is 350 g/mol. The molecule has 132 valence electrons. The van der Waals surface area contributed by atoms with Crippen LogP contribution in [0.5, 0.6) is 0 Å². The van der Waals surface area contributed by atoms with Gasteiger partial charge in [0.2, 0.25) is 5.01 Å². The summed E-state index contributed by atoms with van der Waals surface area (Å²) in [5.74, 6) is -0.566. The van der Waals surface area contributed by atoms with Crippen LogP contribution in [0.1, 0.15) is 37.7 Å². The molecule has 7 nitrogen and oxygen atoms in total. The summed E-state index contributed by atoms with van der Waals surface area (Å²) in [6.45, 7) is 2.34. The van der Waals surface area contributed by atoms with E-state index >= 15 is 0 Å². The minimum Gasteiger partial charge on any atom is -0.348 e. The topological polar surface area (TPSA) is 96.9 Å². The van der Waals surface area contributed by atoms with Crippen molar-refractivity contribution in [1.29, 1.82) is 0 Å². The smallest absolute Gasteiger partial charge is 0.286 e. The van der Waals surface area contributed by atoms with E-state index < -0.39 is 0 Å². The molecule has 26 heavy (non-hydrogen) atoms. The van der Waals surface area contributed by atoms with Crippen molar-refractivity contribution in [2.24, 2.45) is 0 Å². The van der Waals surface area contributed by atoms with Gasteiger partial charge in [-0.3, -0.25) is 14.6 Å². The minimum absolute atomic E-state index is 0.228. The lowest BCUT2D eigenvalue weighted by atomic mass is 10.2. The molecule has 0 aliphatic rings. The van der Waals surface area contributed by atoms with Gasteiger partial charge >= 0.3 is 0 Å². The highest BCUT2D eigenvalue weighted by Crippen LogP contribution is 2.15. The number of hydrogen-bond donors (Lipinski definition) is 2. The van der Waals surface area contributed by atoms with Gasteiger partial charge in [0.05, 0.1) is 0 Å². The molecule has 2 heterocycles. The van der Waals surface area contributed by atoms with E-state index in [-0.39, 0.29) is 11.8 Å². The quantitative estimate of drug-likeness (QED) is 0.698. The van der Waals surface area contributed by atoms with Crippen LogP contribution in [0.2, 0.25) is 0 Å². The number of benzene rings is 1. The summed E-state index contributed by atoms with van der Waals surface area (Å²) in [5, 5.41) is 14.5. The van der Waals surface area contributed by atoms with Gasteiger partial charge in [-0.25, -0.2) is 0 Å². The number of pyridine rings is 1. The number of carbonyl (C=O) groups excluding carboxylic acids is 2. The van der Waals surface area contributed by atoms with Crippen LogP contribution in [0.3, 0.4) is 0 Å². The molecule has 2 amide bonds. The summed E-state index contributed by atoms with van der Waals surface area (Å²) in [6.07, 6.45) is 4.11. The van der Waals surface area contributed by atoms with E-state index in [9.17, 15) is 9.59 Å². The number of aryl methyl sites for hydroxylation is 1. The third-order valence-electron chi connectivity index (χ3n) is 3.52. The fourth-order valence-corrected chi connectivity index (χ4v) is 2.87. The molecule has 0 radical (unpaired) electrons. The molecule has 0 fully saturated rings. The fourth-order valence-electron chi connectivity index (χ4n) is 2.20. The van der Waals surface area contributed by atoms with Crippen LogP contribution in [0.15, 0.2) is 48.8 Å². The van der Waals surface area contributed by atoms with E-state index in [0.29, 0.717) is 22.8 Å². The van der Waals surface area contributed by atoms with Gasteiger partial charge in [0.25, 0.3) is 11.8 Å². The Labute approximate surface area is 154 Å². The summed E-state index contributed by atoms with van der Waals surface area (Å²) < 4.78 is 0. The second-order valence-electron chi connectivity index (χ2n) is 5.43. The SMILES string of the molecule is CCc1nnc(C(=O)Nc2cccc(C(=O)NCc3cccnc3)c2)s1. The maximum atomic E-state index is 12.3. The van der Waals surface area contributed by atoms with Crippen molar-refractivity contribution in [3.63, 3.8) is 0 Å². The zero-order valence-corrected chi connectivity index (χ0v) is 14.9.